The van der Waals surface area contributed by atoms with Crippen molar-refractivity contribution in [3.05, 3.63) is 11.8 Å². The molecule has 13 heavy (non-hydrogen) atoms. The molecule has 2 fully saturated rings. The van der Waals surface area contributed by atoms with Gasteiger partial charge < -0.3 is 9.47 Å². The van der Waals surface area contributed by atoms with E-state index in [2.05, 4.69) is 4.74 Å². The number of hydrogen-bond acceptors (Lipinski definition) is 4. The monoisotopic (exact) mass is 183 g/mol. The number of fused-ring (bicyclic) bond motifs is 1. The van der Waals surface area contributed by atoms with E-state index in [1.807, 2.05) is 0 Å². The first-order chi connectivity index (χ1) is 6.20. The Kier molecular flexibility index (Phi) is 1.72. The van der Waals surface area contributed by atoms with E-state index in [0.29, 0.717) is 18.7 Å². The second kappa shape index (κ2) is 2.76. The van der Waals surface area contributed by atoms with Gasteiger partial charge in [-0.25, -0.2) is 4.79 Å². The summed E-state index contributed by atoms with van der Waals surface area (Å²) in [6.45, 7) is 0.388. The quantitative estimate of drug-likeness (QED) is 0.316. The highest BCUT2D eigenvalue weighted by atomic mass is 16.5. The summed E-state index contributed by atoms with van der Waals surface area (Å²) < 4.78 is 9.70. The first-order valence-electron chi connectivity index (χ1n) is 3.95. The molecule has 5 heteroatoms. The van der Waals surface area contributed by atoms with Gasteiger partial charge in [-0.3, -0.25) is 9.69 Å². The minimum atomic E-state index is -0.454. The Bertz CT molecular complexity index is 297. The van der Waals surface area contributed by atoms with Gasteiger partial charge in [0.1, 0.15) is 5.76 Å². The highest BCUT2D eigenvalue weighted by molar-refractivity contribution is 5.85. The molecule has 0 spiro atoms. The summed E-state index contributed by atoms with van der Waals surface area (Å²) in [5, 5.41) is 0. The zero-order chi connectivity index (χ0) is 9.42. The van der Waals surface area contributed by atoms with E-state index in [1.165, 1.54) is 13.2 Å². The second-order valence-corrected chi connectivity index (χ2v) is 2.93. The number of hydrogen-bond donors (Lipinski definition) is 0. The fraction of sp³-hybridized carbons (Fsp3) is 0.500. The highest BCUT2D eigenvalue weighted by Gasteiger charge is 2.43. The highest BCUT2D eigenvalue weighted by Crippen LogP contribution is 2.30. The SMILES string of the molecule is COC(=O)/C=C1\CN2C(=O)CC2O1. The van der Waals surface area contributed by atoms with Gasteiger partial charge in [-0.2, -0.15) is 0 Å². The lowest BCUT2D eigenvalue weighted by Gasteiger charge is -2.30. The average Bonchev–Trinajstić information content (AvgIpc) is 2.42. The summed E-state index contributed by atoms with van der Waals surface area (Å²) >= 11 is 0. The average molecular weight is 183 g/mol. The Hall–Kier alpha value is -1.52. The number of carbonyl (C=O) groups is 2. The van der Waals surface area contributed by atoms with E-state index in [4.69, 9.17) is 4.74 Å². The number of rotatable bonds is 1. The summed E-state index contributed by atoms with van der Waals surface area (Å²) in [5.74, 6) is 0.117. The van der Waals surface area contributed by atoms with Crippen molar-refractivity contribution < 1.29 is 19.1 Å². The number of esters is 1. The molecule has 0 saturated carbocycles. The maximum atomic E-state index is 10.9. The van der Waals surface area contributed by atoms with Crippen LogP contribution in [0.15, 0.2) is 11.8 Å². The molecule has 0 aromatic carbocycles. The standard InChI is InChI=1S/C8H9NO4/c1-12-8(11)2-5-4-9-6(10)3-7(9)13-5/h2,7H,3-4H2,1H3/b5-2+. The molecule has 5 nitrogen and oxygen atoms in total. The van der Waals surface area contributed by atoms with Crippen molar-refractivity contribution in [2.75, 3.05) is 13.7 Å². The zero-order valence-electron chi connectivity index (χ0n) is 7.15. The van der Waals surface area contributed by atoms with Gasteiger partial charge in [0.05, 0.1) is 26.2 Å². The van der Waals surface area contributed by atoms with E-state index in [-0.39, 0.29) is 12.1 Å². The van der Waals surface area contributed by atoms with Gasteiger partial charge in [-0.1, -0.05) is 0 Å². The summed E-state index contributed by atoms with van der Waals surface area (Å²) in [6.07, 6.45) is 1.54. The number of nitrogens with zero attached hydrogens (tertiary/aromatic N) is 1. The normalized spacial score (nSPS) is 28.1. The van der Waals surface area contributed by atoms with Crippen molar-refractivity contribution in [2.24, 2.45) is 0 Å². The molecule has 0 aliphatic carbocycles. The van der Waals surface area contributed by atoms with Crippen molar-refractivity contribution in [2.45, 2.75) is 12.6 Å². The largest absolute Gasteiger partial charge is 0.472 e. The van der Waals surface area contributed by atoms with Gasteiger partial charge in [0.25, 0.3) is 0 Å². The Labute approximate surface area is 74.9 Å². The maximum absolute atomic E-state index is 10.9. The van der Waals surface area contributed by atoms with Crippen LogP contribution in [-0.2, 0) is 19.1 Å². The Morgan fingerprint density at radius 3 is 3.08 bits per heavy atom. The molecule has 1 amide bonds. The number of carbonyl (C=O) groups excluding carboxylic acids is 2. The predicted molar refractivity (Wildman–Crippen MR) is 41.3 cm³/mol. The number of methoxy groups -OCH3 is 1. The van der Waals surface area contributed by atoms with Crippen molar-refractivity contribution in [3.63, 3.8) is 0 Å². The minimum absolute atomic E-state index is 0.0678. The summed E-state index contributed by atoms with van der Waals surface area (Å²) in [7, 11) is 1.30. The molecular formula is C8H9NO4. The topological polar surface area (TPSA) is 55.8 Å². The summed E-state index contributed by atoms with van der Waals surface area (Å²) in [6, 6.07) is 0. The molecule has 0 N–H and O–H groups in total. The predicted octanol–water partition coefficient (Wildman–Crippen LogP) is -0.368. The van der Waals surface area contributed by atoms with Crippen LogP contribution in [0.25, 0.3) is 0 Å². The smallest absolute Gasteiger partial charge is 0.333 e. The first kappa shape index (κ1) is 8.10. The van der Waals surface area contributed by atoms with Gasteiger partial charge in [-0.05, 0) is 0 Å². The first-order valence-corrected chi connectivity index (χ1v) is 3.95. The molecule has 1 unspecified atom stereocenters. The molecule has 1 atom stereocenters. The third-order valence-electron chi connectivity index (χ3n) is 2.11. The van der Waals surface area contributed by atoms with Crippen molar-refractivity contribution >= 4 is 11.9 Å². The second-order valence-electron chi connectivity index (χ2n) is 2.93. The van der Waals surface area contributed by atoms with Crippen LogP contribution in [0.5, 0.6) is 0 Å². The van der Waals surface area contributed by atoms with Gasteiger partial charge >= 0.3 is 5.97 Å². The van der Waals surface area contributed by atoms with Crippen LogP contribution in [-0.4, -0.2) is 36.7 Å². The van der Waals surface area contributed by atoms with Crippen LogP contribution in [0.3, 0.4) is 0 Å². The van der Waals surface area contributed by atoms with Crippen LogP contribution in [0, 0.1) is 0 Å². The van der Waals surface area contributed by atoms with Gasteiger partial charge in [0.15, 0.2) is 6.23 Å². The van der Waals surface area contributed by atoms with Crippen LogP contribution in [0.1, 0.15) is 6.42 Å². The fourth-order valence-electron chi connectivity index (χ4n) is 1.37. The molecule has 2 saturated heterocycles. The van der Waals surface area contributed by atoms with Crippen molar-refractivity contribution in [3.8, 4) is 0 Å². The Morgan fingerprint density at radius 1 is 1.77 bits per heavy atom. The van der Waals surface area contributed by atoms with E-state index >= 15 is 0 Å². The van der Waals surface area contributed by atoms with E-state index in [9.17, 15) is 9.59 Å². The zero-order valence-corrected chi connectivity index (χ0v) is 7.15. The lowest BCUT2D eigenvalue weighted by Crippen LogP contribution is -2.48. The van der Waals surface area contributed by atoms with Crippen molar-refractivity contribution in [1.29, 1.82) is 0 Å². The van der Waals surface area contributed by atoms with Crippen LogP contribution in [0.2, 0.25) is 0 Å². The van der Waals surface area contributed by atoms with Gasteiger partial charge in [0, 0.05) is 0 Å². The van der Waals surface area contributed by atoms with Crippen LogP contribution in [0.4, 0.5) is 0 Å². The van der Waals surface area contributed by atoms with Crippen molar-refractivity contribution in [1.82, 2.24) is 4.90 Å². The summed E-state index contributed by atoms with van der Waals surface area (Å²) in [5.41, 5.74) is 0. The van der Waals surface area contributed by atoms with E-state index < -0.39 is 5.97 Å². The maximum Gasteiger partial charge on any atom is 0.333 e. The number of β-lactam (4-membered cyclic amide) rings is 1. The molecule has 0 aromatic rings. The Balaban J connectivity index is 2.02. The Morgan fingerprint density at radius 2 is 2.54 bits per heavy atom. The van der Waals surface area contributed by atoms with E-state index in [1.54, 1.807) is 4.90 Å². The number of ether oxygens (including phenoxy) is 2. The molecule has 2 aliphatic rings. The molecule has 2 aliphatic heterocycles. The fourth-order valence-corrected chi connectivity index (χ4v) is 1.37. The molecule has 0 aromatic heterocycles. The molecule has 0 radical (unpaired) electrons. The molecule has 70 valence electrons. The van der Waals surface area contributed by atoms with Gasteiger partial charge in [-0.15, -0.1) is 0 Å². The van der Waals surface area contributed by atoms with E-state index in [0.717, 1.165) is 0 Å². The number of amides is 1. The lowest BCUT2D eigenvalue weighted by molar-refractivity contribution is -0.154. The lowest BCUT2D eigenvalue weighted by atomic mass is 10.2. The third-order valence-corrected chi connectivity index (χ3v) is 2.11. The van der Waals surface area contributed by atoms with Gasteiger partial charge in [0.2, 0.25) is 5.91 Å². The molecule has 2 heterocycles. The minimum Gasteiger partial charge on any atom is -0.472 e. The summed E-state index contributed by atoms with van der Waals surface area (Å²) in [4.78, 5) is 23.3. The van der Waals surface area contributed by atoms with Crippen LogP contribution >= 0.6 is 0 Å². The third kappa shape index (κ3) is 1.26. The molecule has 2 rings (SSSR count). The molecule has 0 bridgehead atoms. The van der Waals surface area contributed by atoms with Crippen LogP contribution < -0.4 is 0 Å². The molecular weight excluding hydrogens is 174 g/mol.